The third-order valence-corrected chi connectivity index (χ3v) is 6.93. The fourth-order valence-corrected chi connectivity index (χ4v) is 4.65. The number of furan rings is 1. The molecule has 0 aliphatic rings. The van der Waals surface area contributed by atoms with E-state index in [1.807, 2.05) is 41.8 Å². The average molecular weight is 561 g/mol. The van der Waals surface area contributed by atoms with Crippen LogP contribution in [0.5, 0.6) is 11.5 Å². The van der Waals surface area contributed by atoms with Crippen molar-refractivity contribution in [2.24, 2.45) is 5.73 Å². The fraction of sp³-hybridized carbons (Fsp3) is 0.368. The number of hydrogen-bond acceptors (Lipinski definition) is 9. The molecule has 2 N–H and O–H groups in total. The van der Waals surface area contributed by atoms with Crippen LogP contribution >= 0.6 is 42.1 Å². The van der Waals surface area contributed by atoms with E-state index in [9.17, 15) is 0 Å². The van der Waals surface area contributed by atoms with Crippen LogP contribution in [0, 0.1) is 6.92 Å². The van der Waals surface area contributed by atoms with Crippen molar-refractivity contribution in [1.29, 1.82) is 0 Å². The van der Waals surface area contributed by atoms with Crippen molar-refractivity contribution in [2.75, 3.05) is 43.1 Å². The minimum absolute atomic E-state index is 0.564. The van der Waals surface area contributed by atoms with Crippen molar-refractivity contribution in [2.45, 2.75) is 6.92 Å². The smallest absolute Gasteiger partial charge is 0.242 e. The van der Waals surface area contributed by atoms with Gasteiger partial charge in [-0.2, -0.15) is 0 Å². The molecule has 30 heavy (non-hydrogen) atoms. The van der Waals surface area contributed by atoms with Gasteiger partial charge in [0.25, 0.3) is 0 Å². The van der Waals surface area contributed by atoms with Crippen LogP contribution in [0.2, 0.25) is 0 Å². The molecule has 0 spiro atoms. The summed E-state index contributed by atoms with van der Waals surface area (Å²) in [6, 6.07) is 9.45. The Morgan fingerprint density at radius 3 is 2.43 bits per heavy atom. The van der Waals surface area contributed by atoms with E-state index in [2.05, 4.69) is 35.7 Å². The van der Waals surface area contributed by atoms with E-state index in [-0.39, 0.29) is 0 Å². The topological polar surface area (TPSA) is 91.6 Å². The number of aryl methyl sites for hydroxylation is 1. The summed E-state index contributed by atoms with van der Waals surface area (Å²) < 4.78 is 21.2. The summed E-state index contributed by atoms with van der Waals surface area (Å²) in [6.45, 7) is 3.23. The van der Waals surface area contributed by atoms with Gasteiger partial charge in [0.2, 0.25) is 11.8 Å². The zero-order valence-corrected chi connectivity index (χ0v) is 20.8. The van der Waals surface area contributed by atoms with Crippen molar-refractivity contribution in [1.82, 2.24) is 14.8 Å². The van der Waals surface area contributed by atoms with E-state index in [0.29, 0.717) is 41.3 Å². The van der Waals surface area contributed by atoms with Crippen molar-refractivity contribution in [3.8, 4) is 28.8 Å². The van der Waals surface area contributed by atoms with Crippen molar-refractivity contribution < 1.29 is 13.9 Å². The van der Waals surface area contributed by atoms with E-state index < -0.39 is 0 Å². The summed E-state index contributed by atoms with van der Waals surface area (Å²) in [5, 5.41) is 9.01. The minimum Gasteiger partial charge on any atom is -0.494 e. The molecule has 0 atom stereocenters. The molecule has 1 aromatic carbocycles. The molecule has 2 aromatic heterocycles. The third-order valence-electron chi connectivity index (χ3n) is 4.19. The number of methoxy groups -OCH3 is 2. The first-order valence-corrected chi connectivity index (χ1v) is 13.7. The lowest BCUT2D eigenvalue weighted by Gasteiger charge is -2.24. The first kappa shape index (κ1) is 23.1. The predicted octanol–water partition coefficient (Wildman–Crippen LogP) is 4.35. The first-order chi connectivity index (χ1) is 14.6. The summed E-state index contributed by atoms with van der Waals surface area (Å²) in [4.78, 5) is 0. The van der Waals surface area contributed by atoms with E-state index in [0.717, 1.165) is 23.8 Å². The Hall–Kier alpha value is -1.57. The molecule has 0 saturated carbocycles. The lowest BCUT2D eigenvalue weighted by Crippen LogP contribution is -2.23. The molecule has 0 fully saturated rings. The zero-order valence-electron chi connectivity index (χ0n) is 17.0. The average Bonchev–Trinajstić information content (AvgIpc) is 3.39. The second-order valence-corrected chi connectivity index (χ2v) is 9.72. The van der Waals surface area contributed by atoms with E-state index in [1.165, 1.54) is 0 Å². The van der Waals surface area contributed by atoms with Crippen LogP contribution < -0.4 is 19.5 Å². The Balaban J connectivity index is 2.24. The fourth-order valence-electron chi connectivity index (χ4n) is 2.91. The maximum Gasteiger partial charge on any atom is 0.242 e. The number of ether oxygens (including phenoxy) is 2. The molecule has 8 nitrogen and oxygen atoms in total. The highest BCUT2D eigenvalue weighted by molar-refractivity contribution is 14.2. The molecule has 3 rings (SSSR count). The predicted molar refractivity (Wildman–Crippen MR) is 132 cm³/mol. The summed E-state index contributed by atoms with van der Waals surface area (Å²) in [5.74, 6) is 5.61. The van der Waals surface area contributed by atoms with E-state index in [4.69, 9.17) is 19.6 Å². The molecular weight excluding hydrogens is 537 g/mol. The maximum atomic E-state index is 5.88. The van der Waals surface area contributed by atoms with E-state index >= 15 is 0 Å². The summed E-state index contributed by atoms with van der Waals surface area (Å²) >= 11 is 3.92. The van der Waals surface area contributed by atoms with Gasteiger partial charge in [0.15, 0.2) is 5.76 Å². The second-order valence-electron chi connectivity index (χ2n) is 6.12. The molecule has 0 saturated heterocycles. The highest BCUT2D eigenvalue weighted by atomic mass is 127. The minimum atomic E-state index is 0.564. The highest BCUT2D eigenvalue weighted by Crippen LogP contribution is 2.39. The van der Waals surface area contributed by atoms with Crippen LogP contribution in [0.15, 0.2) is 34.7 Å². The largest absolute Gasteiger partial charge is 0.494 e. The molecule has 0 aliphatic heterocycles. The number of hydrogen-bond donors (Lipinski definition) is 1. The Kier molecular flexibility index (Phi) is 8.60. The number of rotatable bonds is 11. The van der Waals surface area contributed by atoms with Crippen LogP contribution in [0.1, 0.15) is 5.76 Å². The van der Waals surface area contributed by atoms with Gasteiger partial charge in [0.05, 0.1) is 14.2 Å². The highest BCUT2D eigenvalue weighted by Gasteiger charge is 2.27. The van der Waals surface area contributed by atoms with Gasteiger partial charge in [-0.1, -0.05) is 15.0 Å². The molecular formula is C19H24IN5O3S2. The molecule has 162 valence electrons. The van der Waals surface area contributed by atoms with Gasteiger partial charge in [-0.3, -0.25) is 8.87 Å². The Morgan fingerprint density at radius 1 is 1.13 bits per heavy atom. The molecule has 0 radical (unpaired) electrons. The molecule has 11 heteroatoms. The molecule has 0 aliphatic carbocycles. The SMILES string of the molecule is COc1cccc(OC)c1-n1c(-c2ccc(C)o2)nnc1N(CCSI)SCCN. The summed E-state index contributed by atoms with van der Waals surface area (Å²) in [6.07, 6.45) is 0. The van der Waals surface area contributed by atoms with Crippen LogP contribution in [0.4, 0.5) is 5.95 Å². The van der Waals surface area contributed by atoms with Gasteiger partial charge < -0.3 is 19.6 Å². The van der Waals surface area contributed by atoms with Crippen molar-refractivity contribution in [3.05, 3.63) is 36.1 Å². The lowest BCUT2D eigenvalue weighted by atomic mass is 10.2. The number of nitrogens with two attached hydrogens (primary N) is 1. The van der Waals surface area contributed by atoms with Crippen LogP contribution in [0.25, 0.3) is 17.3 Å². The van der Waals surface area contributed by atoms with Crippen LogP contribution in [-0.2, 0) is 0 Å². The monoisotopic (exact) mass is 561 g/mol. The molecule has 0 unspecified atom stereocenters. The molecule has 0 bridgehead atoms. The number of halogens is 1. The quantitative estimate of drug-likeness (QED) is 0.271. The first-order valence-electron chi connectivity index (χ1n) is 9.22. The van der Waals surface area contributed by atoms with Crippen LogP contribution in [-0.4, -0.2) is 53.6 Å². The zero-order chi connectivity index (χ0) is 21.5. The van der Waals surface area contributed by atoms with Gasteiger partial charge in [-0.05, 0) is 64.3 Å². The van der Waals surface area contributed by atoms with Gasteiger partial charge in [0, 0.05) is 24.6 Å². The summed E-state index contributed by atoms with van der Waals surface area (Å²) in [7, 11) is 5.00. The number of anilines is 1. The van der Waals surface area contributed by atoms with Gasteiger partial charge >= 0.3 is 0 Å². The number of nitrogens with zero attached hydrogens (tertiary/aromatic N) is 4. The molecule has 3 aromatic rings. The molecule has 2 heterocycles. The third kappa shape index (κ3) is 5.01. The Bertz CT molecular complexity index is 935. The second kappa shape index (κ2) is 11.2. The van der Waals surface area contributed by atoms with Crippen molar-refractivity contribution in [3.63, 3.8) is 0 Å². The van der Waals surface area contributed by atoms with Gasteiger partial charge in [-0.15, -0.1) is 10.2 Å². The maximum absolute atomic E-state index is 5.88. The molecule has 0 amide bonds. The van der Waals surface area contributed by atoms with Gasteiger partial charge in [-0.25, -0.2) is 0 Å². The van der Waals surface area contributed by atoms with Gasteiger partial charge in [0.1, 0.15) is 22.9 Å². The Morgan fingerprint density at radius 2 is 1.87 bits per heavy atom. The Labute approximate surface area is 196 Å². The normalized spacial score (nSPS) is 11.0. The summed E-state index contributed by atoms with van der Waals surface area (Å²) in [5.41, 5.74) is 6.49. The number of para-hydroxylation sites is 1. The number of benzene rings is 1. The lowest BCUT2D eigenvalue weighted by molar-refractivity contribution is 0.391. The van der Waals surface area contributed by atoms with Crippen molar-refractivity contribution >= 4 is 48.0 Å². The standard InChI is InChI=1S/C19H24IN5O3S2/c1-13-7-8-16(28-13)18-22-23-19(24(10-12-29-20)30-11-9-21)25(18)17-14(26-2)5-4-6-15(17)27-3/h4-8H,9-12,21H2,1-3H3. The van der Waals surface area contributed by atoms with E-state index in [1.54, 1.807) is 35.1 Å². The van der Waals surface area contributed by atoms with Crippen LogP contribution in [0.3, 0.4) is 0 Å². The number of aromatic nitrogens is 3.